The summed E-state index contributed by atoms with van der Waals surface area (Å²) in [6.07, 6.45) is 0.170. The normalized spacial score (nSPS) is 26.7. The number of Topliss-reactive ketones (excluding diaryl/α,β-unsaturated/α-hetero) is 1. The molecule has 0 spiro atoms. The summed E-state index contributed by atoms with van der Waals surface area (Å²) in [7, 11) is 3.37. The van der Waals surface area contributed by atoms with E-state index in [0.717, 1.165) is 5.56 Å². The molecule has 1 fully saturated rings. The van der Waals surface area contributed by atoms with Crippen molar-refractivity contribution < 1.29 is 30.0 Å². The maximum absolute atomic E-state index is 13.8. The molecule has 3 aliphatic carbocycles. The zero-order valence-electron chi connectivity index (χ0n) is 20.5. The zero-order valence-corrected chi connectivity index (χ0v) is 20.5. The monoisotopic (exact) mass is 500 g/mol. The Labute approximate surface area is 214 Å². The summed E-state index contributed by atoms with van der Waals surface area (Å²) in [5, 5.41) is 44.9. The third-order valence-corrected chi connectivity index (χ3v) is 7.81. The van der Waals surface area contributed by atoms with Gasteiger partial charge in [-0.1, -0.05) is 36.1 Å². The maximum Gasteiger partial charge on any atom is 0.248 e. The van der Waals surface area contributed by atoms with Gasteiger partial charge in [0, 0.05) is 23.5 Å². The fourth-order valence-corrected chi connectivity index (χ4v) is 6.07. The average molecular weight is 501 g/mol. The minimum atomic E-state index is -2.05. The Morgan fingerprint density at radius 1 is 1.08 bits per heavy atom. The molecule has 5 rings (SSSR count). The van der Waals surface area contributed by atoms with Crippen LogP contribution in [0.15, 0.2) is 59.4 Å². The molecular formula is C29H28N2O6. The minimum absolute atomic E-state index is 0.0115. The molecule has 8 nitrogen and oxygen atoms in total. The molecule has 2 aromatic carbocycles. The highest BCUT2D eigenvalue weighted by molar-refractivity contribution is 6.10. The third-order valence-electron chi connectivity index (χ3n) is 7.81. The predicted octanol–water partition coefficient (Wildman–Crippen LogP) is 2.18. The quantitative estimate of drug-likeness (QED) is 0.398. The van der Waals surface area contributed by atoms with Gasteiger partial charge in [-0.3, -0.25) is 14.5 Å². The zero-order chi connectivity index (χ0) is 26.6. The lowest BCUT2D eigenvalue weighted by Crippen LogP contribution is -2.62. The van der Waals surface area contributed by atoms with Crippen LogP contribution >= 0.6 is 0 Å². The first-order valence-electron chi connectivity index (χ1n) is 12.1. The van der Waals surface area contributed by atoms with Crippen molar-refractivity contribution in [2.45, 2.75) is 30.9 Å². The van der Waals surface area contributed by atoms with E-state index in [9.17, 15) is 30.0 Å². The molecular weight excluding hydrogens is 472 g/mol. The van der Waals surface area contributed by atoms with Crippen LogP contribution in [0.5, 0.6) is 5.75 Å². The van der Waals surface area contributed by atoms with E-state index in [1.165, 1.54) is 0 Å². The molecule has 2 aromatic rings. The number of aromatic hydroxyl groups is 1. The number of hydrogen-bond donors (Lipinski definition) is 5. The van der Waals surface area contributed by atoms with Crippen molar-refractivity contribution in [3.63, 3.8) is 0 Å². The number of carbonyl (C=O) groups excluding carboxylic acids is 2. The number of primary amides is 1. The van der Waals surface area contributed by atoms with E-state index in [-0.39, 0.29) is 34.6 Å². The first-order chi connectivity index (χ1) is 17.5. The third kappa shape index (κ3) is 3.79. The smallest absolute Gasteiger partial charge is 0.248 e. The summed E-state index contributed by atoms with van der Waals surface area (Å²) in [5.74, 6) is 2.19. The second-order valence-corrected chi connectivity index (χ2v) is 10.2. The number of nitrogens with two attached hydrogens (primary N) is 1. The lowest BCUT2D eigenvalue weighted by atomic mass is 9.57. The number of fused-ring (bicyclic) bond motifs is 3. The van der Waals surface area contributed by atoms with Gasteiger partial charge in [-0.05, 0) is 56.6 Å². The number of aliphatic hydroxyl groups is 3. The first kappa shape index (κ1) is 24.6. The minimum Gasteiger partial charge on any atom is -0.510 e. The molecule has 1 saturated carbocycles. The van der Waals surface area contributed by atoms with Crippen molar-refractivity contribution in [1.29, 1.82) is 0 Å². The number of amides is 1. The Balaban J connectivity index is 1.61. The number of phenols is 1. The van der Waals surface area contributed by atoms with Crippen molar-refractivity contribution in [3.8, 4) is 17.6 Å². The SMILES string of the molecule is CN(C)C1C(O)=C(C(N)=O)CC2(O)C(=O)C3=C(O)c4c(ccc(C#Cc5ccccc5)c4O)CC3CC12. The van der Waals surface area contributed by atoms with Gasteiger partial charge in [0.15, 0.2) is 5.78 Å². The highest BCUT2D eigenvalue weighted by Crippen LogP contribution is 2.53. The van der Waals surface area contributed by atoms with Crippen LogP contribution in [0.2, 0.25) is 0 Å². The highest BCUT2D eigenvalue weighted by atomic mass is 16.3. The molecule has 8 heteroatoms. The van der Waals surface area contributed by atoms with Gasteiger partial charge in [0.05, 0.1) is 22.7 Å². The van der Waals surface area contributed by atoms with Gasteiger partial charge < -0.3 is 26.2 Å². The second kappa shape index (κ2) is 8.80. The molecule has 0 aliphatic heterocycles. The molecule has 6 N–H and O–H groups in total. The molecule has 1 amide bonds. The standard InChI is InChI=1S/C29H28N2O6/c1-31(2)23-20-13-18-12-17-11-10-16(9-8-15-6-4-3-5-7-15)24(32)21(17)26(34)22(18)27(35)29(20,37)14-19(25(23)33)28(30)36/h3-7,10-11,18,20,23,32-34,37H,12-14H2,1-2H3,(H2,30,36). The molecule has 190 valence electrons. The summed E-state index contributed by atoms with van der Waals surface area (Å²) in [6.45, 7) is 0. The van der Waals surface area contributed by atoms with E-state index < -0.39 is 47.3 Å². The Morgan fingerprint density at radius 2 is 1.78 bits per heavy atom. The number of likely N-dealkylation sites (N-methyl/N-ethyl adjacent to an activating group) is 1. The number of benzene rings is 2. The lowest BCUT2D eigenvalue weighted by Gasteiger charge is -2.51. The van der Waals surface area contributed by atoms with E-state index in [4.69, 9.17) is 5.73 Å². The number of phenolic OH excluding ortho intramolecular Hbond substituents is 1. The van der Waals surface area contributed by atoms with Gasteiger partial charge in [0.25, 0.3) is 0 Å². The molecule has 0 radical (unpaired) electrons. The molecule has 3 aliphatic rings. The number of hydrogen-bond acceptors (Lipinski definition) is 7. The topological polar surface area (TPSA) is 144 Å². The van der Waals surface area contributed by atoms with Crippen LogP contribution in [-0.2, 0) is 16.0 Å². The Morgan fingerprint density at radius 3 is 2.43 bits per heavy atom. The van der Waals surface area contributed by atoms with Crippen molar-refractivity contribution in [3.05, 3.63) is 81.6 Å². The number of rotatable bonds is 2. The van der Waals surface area contributed by atoms with Crippen LogP contribution in [0.1, 0.15) is 35.1 Å². The van der Waals surface area contributed by atoms with Gasteiger partial charge in [0.1, 0.15) is 22.9 Å². The predicted molar refractivity (Wildman–Crippen MR) is 136 cm³/mol. The van der Waals surface area contributed by atoms with Crippen LogP contribution < -0.4 is 5.73 Å². The number of carbonyl (C=O) groups is 2. The Kier molecular flexibility index (Phi) is 5.86. The van der Waals surface area contributed by atoms with Gasteiger partial charge >= 0.3 is 0 Å². The van der Waals surface area contributed by atoms with Crippen molar-refractivity contribution in [1.82, 2.24) is 4.90 Å². The molecule has 0 saturated heterocycles. The Hall–Kier alpha value is -4.06. The molecule has 4 atom stereocenters. The van der Waals surface area contributed by atoms with Gasteiger partial charge in [-0.2, -0.15) is 0 Å². The largest absolute Gasteiger partial charge is 0.510 e. The van der Waals surface area contributed by atoms with E-state index >= 15 is 0 Å². The maximum atomic E-state index is 13.8. The molecule has 37 heavy (non-hydrogen) atoms. The van der Waals surface area contributed by atoms with Gasteiger partial charge in [0.2, 0.25) is 5.91 Å². The molecule has 0 heterocycles. The van der Waals surface area contributed by atoms with Gasteiger partial charge in [-0.25, -0.2) is 0 Å². The first-order valence-corrected chi connectivity index (χ1v) is 12.1. The average Bonchev–Trinajstić information content (AvgIpc) is 2.85. The molecule has 4 unspecified atom stereocenters. The summed E-state index contributed by atoms with van der Waals surface area (Å²) in [6, 6.07) is 11.9. The van der Waals surface area contributed by atoms with E-state index in [0.29, 0.717) is 17.5 Å². The Bertz CT molecular complexity index is 1450. The van der Waals surface area contributed by atoms with Crippen LogP contribution in [0, 0.1) is 23.7 Å². The number of nitrogens with zero attached hydrogens (tertiary/aromatic N) is 1. The van der Waals surface area contributed by atoms with E-state index in [2.05, 4.69) is 11.8 Å². The van der Waals surface area contributed by atoms with Gasteiger partial charge in [-0.15, -0.1) is 0 Å². The van der Waals surface area contributed by atoms with Crippen molar-refractivity contribution in [2.24, 2.45) is 17.6 Å². The van der Waals surface area contributed by atoms with Crippen LogP contribution in [0.3, 0.4) is 0 Å². The van der Waals surface area contributed by atoms with Crippen LogP contribution in [0.25, 0.3) is 5.76 Å². The number of ketones is 1. The van der Waals surface area contributed by atoms with E-state index in [1.54, 1.807) is 31.1 Å². The molecule has 0 aromatic heterocycles. The lowest BCUT2D eigenvalue weighted by molar-refractivity contribution is -0.151. The summed E-state index contributed by atoms with van der Waals surface area (Å²) >= 11 is 0. The summed E-state index contributed by atoms with van der Waals surface area (Å²) in [4.78, 5) is 27.6. The molecule has 0 bridgehead atoms. The highest BCUT2D eigenvalue weighted by Gasteiger charge is 2.60. The van der Waals surface area contributed by atoms with Crippen LogP contribution in [-0.4, -0.2) is 62.8 Å². The van der Waals surface area contributed by atoms with Crippen molar-refractivity contribution >= 4 is 17.4 Å². The fourth-order valence-electron chi connectivity index (χ4n) is 6.07. The number of aliphatic hydroxyl groups excluding tert-OH is 2. The van der Waals surface area contributed by atoms with Crippen molar-refractivity contribution in [2.75, 3.05) is 14.1 Å². The summed E-state index contributed by atoms with van der Waals surface area (Å²) < 4.78 is 0. The fraction of sp³-hybridized carbons (Fsp3) is 0.310. The van der Waals surface area contributed by atoms with E-state index in [1.807, 2.05) is 30.3 Å². The van der Waals surface area contributed by atoms with Crippen LogP contribution in [0.4, 0.5) is 0 Å². The summed E-state index contributed by atoms with van der Waals surface area (Å²) in [5.41, 5.74) is 5.05. The second-order valence-electron chi connectivity index (χ2n) is 10.2.